The third-order valence-corrected chi connectivity index (χ3v) is 1.55. The fourth-order valence-electron chi connectivity index (χ4n) is 0.109. The van der Waals surface area contributed by atoms with Gasteiger partial charge in [0.15, 0.2) is 0 Å². The summed E-state index contributed by atoms with van der Waals surface area (Å²) < 4.78 is 55.6. The molecular formula is H3NaO7S2Ti. The van der Waals surface area contributed by atoms with Crippen molar-refractivity contribution in [3.05, 3.63) is 0 Å². The third-order valence-electron chi connectivity index (χ3n) is 0.172. The van der Waals surface area contributed by atoms with Crippen LogP contribution in [0.4, 0.5) is 0 Å². The van der Waals surface area contributed by atoms with Gasteiger partial charge in [0.05, 0.1) is 0 Å². The Balaban J connectivity index is -0.000000107. The number of hydrogen-bond acceptors (Lipinski definition) is 5. The van der Waals surface area contributed by atoms with E-state index in [1.807, 2.05) is 0 Å². The van der Waals surface area contributed by atoms with Crippen LogP contribution in [0.15, 0.2) is 0 Å². The maximum Gasteiger partial charge on any atom is 1.00 e. The van der Waals surface area contributed by atoms with Crippen LogP contribution in [0.25, 0.3) is 0 Å². The van der Waals surface area contributed by atoms with Gasteiger partial charge in [0.1, 0.15) is 0 Å². The molecule has 62 valence electrons. The molecule has 0 aromatic carbocycles. The molecule has 0 radical (unpaired) electrons. The van der Waals surface area contributed by atoms with E-state index in [4.69, 9.17) is 9.11 Å². The molecule has 2 N–H and O–H groups in total. The summed E-state index contributed by atoms with van der Waals surface area (Å²) in [5.74, 6) is 0. The molecule has 0 aromatic heterocycles. The van der Waals surface area contributed by atoms with E-state index in [-0.39, 0.29) is 52.7 Å². The topological polar surface area (TPSA) is 118 Å². The van der Waals surface area contributed by atoms with Crippen LogP contribution in [0.5, 0.6) is 0 Å². The second kappa shape index (κ2) is 6.03. The van der Waals surface area contributed by atoms with E-state index in [0.29, 0.717) is 0 Å². The summed E-state index contributed by atoms with van der Waals surface area (Å²) in [4.78, 5) is 0. The fourth-order valence-corrected chi connectivity index (χ4v) is 0.978. The molecule has 0 atom stereocenters. The van der Waals surface area contributed by atoms with Gasteiger partial charge in [-0.05, 0) is 0 Å². The monoisotopic (exact) mass is 250 g/mol. The Morgan fingerprint density at radius 2 is 1.18 bits per heavy atom. The average Bonchev–Trinajstić information content (AvgIpc) is 1.14. The van der Waals surface area contributed by atoms with Crippen LogP contribution in [-0.4, -0.2) is 25.9 Å². The quantitative estimate of drug-likeness (QED) is 0.376. The first-order valence-corrected chi connectivity index (χ1v) is 4.10. The molecule has 0 saturated carbocycles. The summed E-state index contributed by atoms with van der Waals surface area (Å²) in [6, 6.07) is 0. The Morgan fingerprint density at radius 1 is 1.00 bits per heavy atom. The van der Waals surface area contributed by atoms with Crippen LogP contribution in [0, 0.1) is 0 Å². The largest absolute Gasteiger partial charge is 1.00 e. The van der Waals surface area contributed by atoms with Gasteiger partial charge in [0.25, 0.3) is 0 Å². The van der Waals surface area contributed by atoms with Crippen LogP contribution in [0.3, 0.4) is 0 Å². The van der Waals surface area contributed by atoms with E-state index in [0.717, 1.165) is 0 Å². The molecule has 7 nitrogen and oxygen atoms in total. The second-order valence-corrected chi connectivity index (χ2v) is 3.18. The fraction of sp³-hybridized carbons (Fsp3) is 0. The van der Waals surface area contributed by atoms with E-state index >= 15 is 0 Å². The SMILES string of the molecule is O=S(=O)(O)OS(=O)(=O)O.[H-].[Na+].[Ti]. The van der Waals surface area contributed by atoms with Gasteiger partial charge >= 0.3 is 50.4 Å². The first-order chi connectivity index (χ1) is 3.71. The van der Waals surface area contributed by atoms with Crippen molar-refractivity contribution < 1.29 is 82.3 Å². The first kappa shape index (κ1) is 18.3. The van der Waals surface area contributed by atoms with Crippen molar-refractivity contribution in [1.82, 2.24) is 0 Å². The summed E-state index contributed by atoms with van der Waals surface area (Å²) in [6.07, 6.45) is 0. The standard InChI is InChI=1S/Na.H2O7S2.Ti.H/c;1-8(2,3)7-9(4,5)6;;/h;(H,1,2,3)(H,4,5,6);;/q+1;;;-1. The van der Waals surface area contributed by atoms with Gasteiger partial charge in [-0.15, -0.1) is 3.63 Å². The minimum atomic E-state index is -5.12. The van der Waals surface area contributed by atoms with Crippen molar-refractivity contribution in [2.75, 3.05) is 0 Å². The molecular weight excluding hydrogens is 247 g/mol. The Morgan fingerprint density at radius 3 is 1.18 bits per heavy atom. The third kappa shape index (κ3) is 18.4. The minimum Gasteiger partial charge on any atom is -1.00 e. The number of hydrogen-bond donors (Lipinski definition) is 2. The Labute approximate surface area is 102 Å². The summed E-state index contributed by atoms with van der Waals surface area (Å²) >= 11 is 0. The zero-order valence-electron chi connectivity index (χ0n) is 6.25. The van der Waals surface area contributed by atoms with E-state index in [9.17, 15) is 16.8 Å². The summed E-state index contributed by atoms with van der Waals surface area (Å²) in [6.45, 7) is 0. The maximum atomic E-state index is 9.44. The van der Waals surface area contributed by atoms with Gasteiger partial charge in [0.2, 0.25) is 0 Å². The van der Waals surface area contributed by atoms with Crippen molar-refractivity contribution in [1.29, 1.82) is 0 Å². The molecule has 11 heavy (non-hydrogen) atoms. The Bertz CT molecular complexity index is 247. The molecule has 0 unspecified atom stereocenters. The average molecular weight is 250 g/mol. The van der Waals surface area contributed by atoms with Crippen LogP contribution >= 0.6 is 0 Å². The molecule has 0 heterocycles. The summed E-state index contributed by atoms with van der Waals surface area (Å²) in [5, 5.41) is 0. The molecule has 0 aliphatic carbocycles. The Kier molecular flexibility index (Phi) is 10.0. The summed E-state index contributed by atoms with van der Waals surface area (Å²) in [5.41, 5.74) is 0. The van der Waals surface area contributed by atoms with Crippen LogP contribution < -0.4 is 29.6 Å². The van der Waals surface area contributed by atoms with Gasteiger partial charge in [-0.25, -0.2) is 0 Å². The molecule has 0 bridgehead atoms. The molecule has 0 fully saturated rings. The van der Waals surface area contributed by atoms with E-state index < -0.39 is 20.8 Å². The normalized spacial score (nSPS) is 11.1. The molecule has 11 heteroatoms. The first-order valence-electron chi connectivity index (χ1n) is 1.37. The van der Waals surface area contributed by atoms with E-state index in [1.165, 1.54) is 0 Å². The molecule has 0 spiro atoms. The van der Waals surface area contributed by atoms with E-state index in [2.05, 4.69) is 3.63 Å². The van der Waals surface area contributed by atoms with Crippen molar-refractivity contribution in [3.8, 4) is 0 Å². The molecule has 0 aliphatic heterocycles. The predicted octanol–water partition coefficient (Wildman–Crippen LogP) is -4.28. The van der Waals surface area contributed by atoms with Crippen molar-refractivity contribution in [3.63, 3.8) is 0 Å². The maximum absolute atomic E-state index is 9.44. The second-order valence-electron chi connectivity index (χ2n) is 0.924. The smallest absolute Gasteiger partial charge is 1.00 e. The van der Waals surface area contributed by atoms with Crippen molar-refractivity contribution in [2.45, 2.75) is 0 Å². The zero-order valence-corrected chi connectivity index (χ0v) is 10.4. The van der Waals surface area contributed by atoms with Crippen LogP contribution in [0.2, 0.25) is 0 Å². The molecule has 0 aromatic rings. The van der Waals surface area contributed by atoms with Gasteiger partial charge < -0.3 is 1.43 Å². The number of rotatable bonds is 2. The zero-order chi connectivity index (χ0) is 7.71. The van der Waals surface area contributed by atoms with Crippen molar-refractivity contribution >= 4 is 20.8 Å². The van der Waals surface area contributed by atoms with E-state index in [1.54, 1.807) is 0 Å². The molecule has 0 saturated heterocycles. The summed E-state index contributed by atoms with van der Waals surface area (Å²) in [7, 11) is -10.2. The molecule has 0 amide bonds. The van der Waals surface area contributed by atoms with Crippen LogP contribution in [0.1, 0.15) is 1.43 Å². The van der Waals surface area contributed by atoms with Gasteiger partial charge in [-0.1, -0.05) is 0 Å². The molecule has 0 aliphatic rings. The Hall–Kier alpha value is 1.49. The van der Waals surface area contributed by atoms with Gasteiger partial charge in [-0.3, -0.25) is 9.11 Å². The van der Waals surface area contributed by atoms with Gasteiger partial charge in [0, 0.05) is 21.7 Å². The van der Waals surface area contributed by atoms with Gasteiger partial charge in [-0.2, -0.15) is 16.8 Å². The van der Waals surface area contributed by atoms with Crippen molar-refractivity contribution in [2.24, 2.45) is 0 Å². The minimum absolute atomic E-state index is 0. The molecule has 0 rings (SSSR count). The van der Waals surface area contributed by atoms with Crippen LogP contribution in [-0.2, 0) is 46.1 Å². The predicted molar refractivity (Wildman–Crippen MR) is 25.3 cm³/mol.